The van der Waals surface area contributed by atoms with E-state index >= 15 is 0 Å². The second-order valence-corrected chi connectivity index (χ2v) is 7.88. The van der Waals surface area contributed by atoms with Crippen LogP contribution >= 0.6 is 11.6 Å². The van der Waals surface area contributed by atoms with Gasteiger partial charge in [0, 0.05) is 11.5 Å². The van der Waals surface area contributed by atoms with Gasteiger partial charge in [0.25, 0.3) is 0 Å². The summed E-state index contributed by atoms with van der Waals surface area (Å²) in [6.07, 6.45) is 13.9. The fourth-order valence-corrected chi connectivity index (χ4v) is 2.84. The van der Waals surface area contributed by atoms with Crippen LogP contribution in [0.5, 0.6) is 0 Å². The standard InChI is InChI=1S/C19H33ClO2/c1-19(2,3)22-18(21)13-11-9-7-5-4-6-8-10-12-17(20)16-14-15-16/h4-15H2,1-3H3. The highest BCUT2D eigenvalue weighted by Gasteiger charge is 2.16. The molecule has 1 aliphatic rings. The third-order valence-corrected chi connectivity index (χ3v) is 4.29. The highest BCUT2D eigenvalue weighted by atomic mass is 35.5. The van der Waals surface area contributed by atoms with Crippen LogP contribution in [0.4, 0.5) is 0 Å². The van der Waals surface area contributed by atoms with E-state index in [1.54, 1.807) is 0 Å². The van der Waals surface area contributed by atoms with Gasteiger partial charge in [-0.1, -0.05) is 55.7 Å². The van der Waals surface area contributed by atoms with E-state index < -0.39 is 0 Å². The lowest BCUT2D eigenvalue weighted by Crippen LogP contribution is -2.23. The van der Waals surface area contributed by atoms with Crippen LogP contribution in [-0.4, -0.2) is 11.6 Å². The van der Waals surface area contributed by atoms with Crippen molar-refractivity contribution < 1.29 is 9.53 Å². The molecule has 0 unspecified atom stereocenters. The molecule has 0 heterocycles. The van der Waals surface area contributed by atoms with Gasteiger partial charge in [-0.3, -0.25) is 4.79 Å². The lowest BCUT2D eigenvalue weighted by Gasteiger charge is -2.19. The normalized spacial score (nSPS) is 14.1. The molecule has 2 nitrogen and oxygen atoms in total. The van der Waals surface area contributed by atoms with Crippen LogP contribution in [0.3, 0.4) is 0 Å². The number of ether oxygens (including phenoxy) is 1. The molecule has 0 saturated heterocycles. The molecule has 128 valence electrons. The van der Waals surface area contributed by atoms with E-state index in [0.717, 1.165) is 24.3 Å². The van der Waals surface area contributed by atoms with Gasteiger partial charge in [0.15, 0.2) is 0 Å². The van der Waals surface area contributed by atoms with Gasteiger partial charge in [0.2, 0.25) is 0 Å². The summed E-state index contributed by atoms with van der Waals surface area (Å²) in [5, 5.41) is 1.14. The summed E-state index contributed by atoms with van der Waals surface area (Å²) < 4.78 is 5.30. The van der Waals surface area contributed by atoms with Gasteiger partial charge in [0.1, 0.15) is 5.60 Å². The highest BCUT2D eigenvalue weighted by Crippen LogP contribution is 2.35. The second kappa shape index (κ2) is 10.3. The zero-order valence-corrected chi connectivity index (χ0v) is 15.4. The molecule has 0 atom stereocenters. The molecular formula is C19H33ClO2. The van der Waals surface area contributed by atoms with Crippen molar-refractivity contribution >= 4 is 17.6 Å². The van der Waals surface area contributed by atoms with Gasteiger partial charge in [0.05, 0.1) is 0 Å². The maximum atomic E-state index is 11.5. The SMILES string of the molecule is CC(C)(C)OC(=O)CCCCCCCCCCC(Cl)=C1CC1. The van der Waals surface area contributed by atoms with Crippen molar-refractivity contribution in [3.8, 4) is 0 Å². The topological polar surface area (TPSA) is 26.3 Å². The predicted octanol–water partition coefficient (Wildman–Crippen LogP) is 6.52. The number of esters is 1. The van der Waals surface area contributed by atoms with Crippen LogP contribution in [-0.2, 0) is 9.53 Å². The molecule has 0 bridgehead atoms. The monoisotopic (exact) mass is 328 g/mol. The van der Waals surface area contributed by atoms with Gasteiger partial charge in [-0.2, -0.15) is 0 Å². The molecule has 0 radical (unpaired) electrons. The van der Waals surface area contributed by atoms with Gasteiger partial charge in [-0.25, -0.2) is 0 Å². The third kappa shape index (κ3) is 11.1. The van der Waals surface area contributed by atoms with E-state index in [9.17, 15) is 4.79 Å². The van der Waals surface area contributed by atoms with Gasteiger partial charge in [-0.05, 0) is 52.9 Å². The number of hydrogen-bond donors (Lipinski definition) is 0. The molecule has 22 heavy (non-hydrogen) atoms. The predicted molar refractivity (Wildman–Crippen MR) is 94.1 cm³/mol. The second-order valence-electron chi connectivity index (χ2n) is 7.42. The fraction of sp³-hybridized carbons (Fsp3) is 0.842. The number of halogens is 1. The number of rotatable bonds is 11. The Labute approximate surface area is 141 Å². The van der Waals surface area contributed by atoms with Gasteiger partial charge >= 0.3 is 5.97 Å². The maximum absolute atomic E-state index is 11.5. The molecule has 1 fully saturated rings. The van der Waals surface area contributed by atoms with Crippen LogP contribution in [0.25, 0.3) is 0 Å². The maximum Gasteiger partial charge on any atom is 0.306 e. The molecule has 0 N–H and O–H groups in total. The Morgan fingerprint density at radius 1 is 0.909 bits per heavy atom. The van der Waals surface area contributed by atoms with E-state index in [4.69, 9.17) is 16.3 Å². The van der Waals surface area contributed by atoms with E-state index in [1.807, 2.05) is 20.8 Å². The molecule has 1 saturated carbocycles. The van der Waals surface area contributed by atoms with E-state index in [0.29, 0.717) is 6.42 Å². The van der Waals surface area contributed by atoms with Crippen LogP contribution in [0, 0.1) is 0 Å². The van der Waals surface area contributed by atoms with Crippen molar-refractivity contribution in [1.82, 2.24) is 0 Å². The molecule has 0 aliphatic heterocycles. The minimum atomic E-state index is -0.352. The molecule has 0 spiro atoms. The van der Waals surface area contributed by atoms with E-state index in [1.165, 1.54) is 56.9 Å². The van der Waals surface area contributed by atoms with Crippen molar-refractivity contribution in [2.45, 2.75) is 103 Å². The van der Waals surface area contributed by atoms with Crippen LogP contribution < -0.4 is 0 Å². The molecule has 0 amide bonds. The van der Waals surface area contributed by atoms with Gasteiger partial charge < -0.3 is 4.74 Å². The quantitative estimate of drug-likeness (QED) is 0.319. The first kappa shape index (κ1) is 19.5. The summed E-state index contributed by atoms with van der Waals surface area (Å²) in [6, 6.07) is 0. The zero-order valence-electron chi connectivity index (χ0n) is 14.7. The molecule has 3 heteroatoms. The van der Waals surface area contributed by atoms with Crippen molar-refractivity contribution in [3.63, 3.8) is 0 Å². The van der Waals surface area contributed by atoms with E-state index in [-0.39, 0.29) is 11.6 Å². The summed E-state index contributed by atoms with van der Waals surface area (Å²) in [5.41, 5.74) is 1.14. The van der Waals surface area contributed by atoms with Crippen LogP contribution in [0.1, 0.15) is 97.8 Å². The minimum Gasteiger partial charge on any atom is -0.460 e. The summed E-state index contributed by atoms with van der Waals surface area (Å²) in [5.74, 6) is -0.0610. The zero-order chi connectivity index (χ0) is 16.4. The van der Waals surface area contributed by atoms with Gasteiger partial charge in [-0.15, -0.1) is 0 Å². The molecular weight excluding hydrogens is 296 g/mol. The Morgan fingerprint density at radius 2 is 1.36 bits per heavy atom. The largest absolute Gasteiger partial charge is 0.460 e. The summed E-state index contributed by atoms with van der Waals surface area (Å²) in [6.45, 7) is 5.75. The van der Waals surface area contributed by atoms with Crippen LogP contribution in [0.2, 0.25) is 0 Å². The minimum absolute atomic E-state index is 0.0610. The van der Waals surface area contributed by atoms with Crippen molar-refractivity contribution in [2.24, 2.45) is 0 Å². The number of allylic oxidation sites excluding steroid dienone is 2. The first-order valence-corrected chi connectivity index (χ1v) is 9.34. The lowest BCUT2D eigenvalue weighted by atomic mass is 10.1. The Morgan fingerprint density at radius 3 is 1.82 bits per heavy atom. The van der Waals surface area contributed by atoms with Crippen molar-refractivity contribution in [3.05, 3.63) is 10.6 Å². The molecule has 1 rings (SSSR count). The lowest BCUT2D eigenvalue weighted by molar-refractivity contribution is -0.154. The van der Waals surface area contributed by atoms with Crippen LogP contribution in [0.15, 0.2) is 10.6 Å². The number of unbranched alkanes of at least 4 members (excludes halogenated alkanes) is 7. The number of carbonyl (C=O) groups is 1. The Hall–Kier alpha value is -0.500. The molecule has 0 aromatic rings. The number of hydrogen-bond acceptors (Lipinski definition) is 2. The Bertz CT molecular complexity index is 360. The summed E-state index contributed by atoms with van der Waals surface area (Å²) in [4.78, 5) is 11.5. The molecule has 0 aromatic carbocycles. The smallest absolute Gasteiger partial charge is 0.306 e. The molecule has 1 aliphatic carbocycles. The average Bonchev–Trinajstić information content (AvgIpc) is 3.23. The third-order valence-electron chi connectivity index (χ3n) is 3.83. The van der Waals surface area contributed by atoms with E-state index in [2.05, 4.69) is 0 Å². The first-order valence-electron chi connectivity index (χ1n) is 8.97. The Balaban J connectivity index is 1.81. The summed E-state index contributed by atoms with van der Waals surface area (Å²) >= 11 is 6.18. The number of carbonyl (C=O) groups excluding carboxylic acids is 1. The first-order chi connectivity index (χ1) is 10.4. The van der Waals surface area contributed by atoms with Crippen molar-refractivity contribution in [2.75, 3.05) is 0 Å². The fourth-order valence-electron chi connectivity index (χ4n) is 2.51. The molecule has 0 aromatic heterocycles. The Kier molecular flexibility index (Phi) is 9.16. The average molecular weight is 329 g/mol. The highest BCUT2D eigenvalue weighted by molar-refractivity contribution is 6.30. The summed E-state index contributed by atoms with van der Waals surface area (Å²) in [7, 11) is 0. The van der Waals surface area contributed by atoms with Crippen molar-refractivity contribution in [1.29, 1.82) is 0 Å².